The number of carbonyl (C=O) groups is 2. The Balaban J connectivity index is 1.64. The van der Waals surface area contributed by atoms with Crippen molar-refractivity contribution in [2.75, 3.05) is 26.3 Å². The second-order valence-corrected chi connectivity index (χ2v) is 6.28. The summed E-state index contributed by atoms with van der Waals surface area (Å²) in [5.41, 5.74) is -0.740. The molecule has 2 heterocycles. The zero-order valence-electron chi connectivity index (χ0n) is 15.4. The summed E-state index contributed by atoms with van der Waals surface area (Å²) >= 11 is 0. The smallest absolute Gasteiger partial charge is 0.317 e. The van der Waals surface area contributed by atoms with E-state index in [1.165, 1.54) is 24.3 Å². The van der Waals surface area contributed by atoms with Crippen molar-refractivity contribution in [3.63, 3.8) is 0 Å². The Kier molecular flexibility index (Phi) is 6.39. The molecule has 0 unspecified atom stereocenters. The molecule has 0 saturated carbocycles. The Hall–Kier alpha value is -3.47. The minimum atomic E-state index is -0.900. The third-order valence-electron chi connectivity index (χ3n) is 4.23. The number of aromatic hydroxyl groups is 1. The van der Waals surface area contributed by atoms with Gasteiger partial charge in [0, 0.05) is 19.6 Å². The molecule has 0 radical (unpaired) electrons. The quantitative estimate of drug-likeness (QED) is 0.556. The highest BCUT2D eigenvalue weighted by molar-refractivity contribution is 5.94. The second kappa shape index (κ2) is 9.15. The number of amides is 3. The van der Waals surface area contributed by atoms with E-state index in [1.54, 1.807) is 4.90 Å². The number of urea groups is 1. The molecule has 1 saturated heterocycles. The zero-order valence-corrected chi connectivity index (χ0v) is 15.4. The van der Waals surface area contributed by atoms with E-state index < -0.39 is 28.7 Å². The third kappa shape index (κ3) is 5.29. The molecule has 0 spiro atoms. The number of rotatable bonds is 5. The number of hydrogen-bond acceptors (Lipinski definition) is 6. The van der Waals surface area contributed by atoms with Crippen molar-refractivity contribution in [1.29, 1.82) is 0 Å². The van der Waals surface area contributed by atoms with Gasteiger partial charge in [0.25, 0.3) is 11.5 Å². The number of halogens is 1. The molecule has 4 N–H and O–H groups in total. The molecule has 3 rings (SSSR count). The lowest BCUT2D eigenvalue weighted by Crippen LogP contribution is -2.46. The van der Waals surface area contributed by atoms with Gasteiger partial charge in [-0.3, -0.25) is 9.59 Å². The number of morpholine rings is 1. The van der Waals surface area contributed by atoms with Crippen molar-refractivity contribution in [1.82, 2.24) is 25.5 Å². The van der Waals surface area contributed by atoms with Crippen LogP contribution in [-0.4, -0.2) is 58.2 Å². The molecule has 1 aliphatic rings. The van der Waals surface area contributed by atoms with Gasteiger partial charge in [-0.25, -0.2) is 14.2 Å². The van der Waals surface area contributed by atoms with Gasteiger partial charge >= 0.3 is 6.03 Å². The predicted molar refractivity (Wildman–Crippen MR) is 98.7 cm³/mol. The summed E-state index contributed by atoms with van der Waals surface area (Å²) in [7, 11) is 0. The Morgan fingerprint density at radius 1 is 1.17 bits per heavy atom. The summed E-state index contributed by atoms with van der Waals surface area (Å²) < 4.78 is 18.1. The van der Waals surface area contributed by atoms with Crippen LogP contribution in [0.5, 0.6) is 5.75 Å². The number of aromatic amines is 1. The highest BCUT2D eigenvalue weighted by Gasteiger charge is 2.20. The fourth-order valence-corrected chi connectivity index (χ4v) is 2.66. The summed E-state index contributed by atoms with van der Waals surface area (Å²) in [6.07, 6.45) is 0. The molecule has 1 aromatic heterocycles. The lowest BCUT2D eigenvalue weighted by Gasteiger charge is -2.26. The molecule has 29 heavy (non-hydrogen) atoms. The van der Waals surface area contributed by atoms with E-state index in [0.29, 0.717) is 31.9 Å². The molecule has 0 bridgehead atoms. The van der Waals surface area contributed by atoms with Crippen LogP contribution in [0.3, 0.4) is 0 Å². The second-order valence-electron chi connectivity index (χ2n) is 6.28. The van der Waals surface area contributed by atoms with Crippen LogP contribution in [0.1, 0.15) is 21.9 Å². The average Bonchev–Trinajstić information content (AvgIpc) is 2.74. The average molecular weight is 405 g/mol. The van der Waals surface area contributed by atoms with Crippen LogP contribution in [0, 0.1) is 5.82 Å². The highest BCUT2D eigenvalue weighted by Crippen LogP contribution is 2.09. The summed E-state index contributed by atoms with van der Waals surface area (Å²) in [4.78, 5) is 44.2. The number of ether oxygens (including phenoxy) is 1. The van der Waals surface area contributed by atoms with Crippen molar-refractivity contribution in [3.8, 4) is 5.75 Å². The van der Waals surface area contributed by atoms with Gasteiger partial charge in [-0.2, -0.15) is 0 Å². The summed E-state index contributed by atoms with van der Waals surface area (Å²) in [5.74, 6) is -2.00. The Morgan fingerprint density at radius 3 is 2.55 bits per heavy atom. The fourth-order valence-electron chi connectivity index (χ4n) is 2.66. The van der Waals surface area contributed by atoms with Crippen LogP contribution in [0.4, 0.5) is 9.18 Å². The van der Waals surface area contributed by atoms with Gasteiger partial charge in [0.15, 0.2) is 5.69 Å². The first-order valence-electron chi connectivity index (χ1n) is 8.89. The first-order valence-corrected chi connectivity index (χ1v) is 8.89. The van der Waals surface area contributed by atoms with E-state index in [1.807, 2.05) is 0 Å². The van der Waals surface area contributed by atoms with Gasteiger partial charge in [-0.05, 0) is 17.7 Å². The largest absolute Gasteiger partial charge is 0.501 e. The summed E-state index contributed by atoms with van der Waals surface area (Å²) in [5, 5.41) is 15.0. The molecule has 11 heteroatoms. The molecule has 0 atom stereocenters. The van der Waals surface area contributed by atoms with Crippen LogP contribution in [-0.2, 0) is 17.8 Å². The molecule has 2 aromatic rings. The van der Waals surface area contributed by atoms with Crippen molar-refractivity contribution in [3.05, 3.63) is 57.5 Å². The molecule has 1 fully saturated rings. The van der Waals surface area contributed by atoms with E-state index in [0.717, 1.165) is 0 Å². The van der Waals surface area contributed by atoms with Gasteiger partial charge in [0.05, 0.1) is 19.8 Å². The Morgan fingerprint density at radius 2 is 1.86 bits per heavy atom. The first kappa shape index (κ1) is 20.3. The van der Waals surface area contributed by atoms with Gasteiger partial charge in [0.1, 0.15) is 11.6 Å². The zero-order chi connectivity index (χ0) is 20.8. The minimum Gasteiger partial charge on any atom is -0.501 e. The van der Waals surface area contributed by atoms with E-state index in [9.17, 15) is 23.9 Å². The summed E-state index contributed by atoms with van der Waals surface area (Å²) in [6, 6.07) is 5.13. The number of hydrogen-bond donors (Lipinski definition) is 4. The maximum Gasteiger partial charge on any atom is 0.317 e. The predicted octanol–water partition coefficient (Wildman–Crippen LogP) is 0.0864. The molecule has 10 nitrogen and oxygen atoms in total. The molecule has 3 amide bonds. The third-order valence-corrected chi connectivity index (χ3v) is 4.23. The molecule has 1 aliphatic heterocycles. The van der Waals surface area contributed by atoms with E-state index in [2.05, 4.69) is 20.6 Å². The normalized spacial score (nSPS) is 13.8. The van der Waals surface area contributed by atoms with Crippen molar-refractivity contribution < 1.29 is 23.8 Å². The molecule has 0 aliphatic carbocycles. The van der Waals surface area contributed by atoms with Crippen molar-refractivity contribution in [2.24, 2.45) is 0 Å². The topological polar surface area (TPSA) is 137 Å². The van der Waals surface area contributed by atoms with Crippen LogP contribution >= 0.6 is 0 Å². The first-order chi connectivity index (χ1) is 13.9. The van der Waals surface area contributed by atoms with Crippen molar-refractivity contribution in [2.45, 2.75) is 13.1 Å². The maximum atomic E-state index is 12.9. The van der Waals surface area contributed by atoms with Gasteiger partial charge < -0.3 is 30.4 Å². The number of nitrogens with zero attached hydrogens (tertiary/aromatic N) is 2. The molecule has 154 valence electrons. The molecule has 1 aromatic carbocycles. The SMILES string of the molecule is O=C(NCc1ccc(F)cc1)c1nc(CNC(=O)N2CCOCC2)[nH]c(=O)c1O. The summed E-state index contributed by atoms with van der Waals surface area (Å²) in [6.45, 7) is 1.70. The van der Waals surface area contributed by atoms with E-state index in [4.69, 9.17) is 4.74 Å². The van der Waals surface area contributed by atoms with Gasteiger partial charge in [-0.15, -0.1) is 0 Å². The van der Waals surface area contributed by atoms with Gasteiger partial charge in [0.2, 0.25) is 5.75 Å². The molecular formula is C18H20FN5O5. The Bertz CT molecular complexity index is 941. The number of nitrogens with one attached hydrogen (secondary N) is 3. The van der Waals surface area contributed by atoms with Crippen LogP contribution in [0.25, 0.3) is 0 Å². The maximum absolute atomic E-state index is 12.9. The van der Waals surface area contributed by atoms with Crippen molar-refractivity contribution >= 4 is 11.9 Å². The highest BCUT2D eigenvalue weighted by atomic mass is 19.1. The fraction of sp³-hybridized carbons (Fsp3) is 0.333. The lowest BCUT2D eigenvalue weighted by atomic mass is 10.2. The van der Waals surface area contributed by atoms with Crippen LogP contribution in [0.15, 0.2) is 29.1 Å². The number of H-pyrrole nitrogens is 1. The van der Waals surface area contributed by atoms with E-state index in [-0.39, 0.29) is 24.9 Å². The van der Waals surface area contributed by atoms with Gasteiger partial charge in [-0.1, -0.05) is 12.1 Å². The number of carbonyl (C=O) groups excluding carboxylic acids is 2. The van der Waals surface area contributed by atoms with E-state index >= 15 is 0 Å². The number of benzene rings is 1. The monoisotopic (exact) mass is 405 g/mol. The van der Waals surface area contributed by atoms with Crippen LogP contribution < -0.4 is 16.2 Å². The number of aromatic nitrogens is 2. The lowest BCUT2D eigenvalue weighted by molar-refractivity contribution is 0.0531. The van der Waals surface area contributed by atoms with Crippen LogP contribution in [0.2, 0.25) is 0 Å². The minimum absolute atomic E-state index is 0.0151. The Labute approximate surface area is 164 Å². The standard InChI is InChI=1S/C18H20FN5O5/c19-12-3-1-11(2-4-12)9-20-16(26)14-15(25)17(27)23-13(22-14)10-21-18(28)24-5-7-29-8-6-24/h1-4,25H,5-10H2,(H,20,26)(H,21,28)(H,22,23,27). The molecular weight excluding hydrogens is 385 g/mol.